The zero-order chi connectivity index (χ0) is 18.6. The molecule has 142 valence electrons. The van der Waals surface area contributed by atoms with Crippen LogP contribution in [-0.4, -0.2) is 54.4 Å². The first-order chi connectivity index (χ1) is 13.2. The molecule has 0 bridgehead atoms. The van der Waals surface area contributed by atoms with Crippen molar-refractivity contribution in [2.45, 2.75) is 25.8 Å². The third-order valence-corrected chi connectivity index (χ3v) is 5.24. The average Bonchev–Trinajstić information content (AvgIpc) is 3.37. The number of hydrogen-bond donors (Lipinski definition) is 0. The summed E-state index contributed by atoms with van der Waals surface area (Å²) in [4.78, 5) is 15.2. The number of benzene rings is 1. The molecule has 2 aliphatic heterocycles. The van der Waals surface area contributed by atoms with Crippen LogP contribution in [-0.2, 0) is 9.53 Å². The van der Waals surface area contributed by atoms with Gasteiger partial charge in [-0.25, -0.2) is 5.01 Å². The van der Waals surface area contributed by atoms with E-state index in [-0.39, 0.29) is 11.9 Å². The highest BCUT2D eigenvalue weighted by Gasteiger charge is 2.35. The van der Waals surface area contributed by atoms with Gasteiger partial charge in [-0.05, 0) is 24.6 Å². The molecule has 0 spiro atoms. The predicted octanol–water partition coefficient (Wildman–Crippen LogP) is 2.99. The Bertz CT molecular complexity index is 810. The van der Waals surface area contributed by atoms with Crippen molar-refractivity contribution in [3.8, 4) is 0 Å². The second-order valence-corrected chi connectivity index (χ2v) is 7.04. The van der Waals surface area contributed by atoms with Gasteiger partial charge in [0.2, 0.25) is 5.91 Å². The van der Waals surface area contributed by atoms with Crippen LogP contribution in [0.4, 0.5) is 0 Å². The maximum Gasteiger partial charge on any atom is 0.244 e. The molecule has 1 amide bonds. The molecule has 0 radical (unpaired) electrons. The average molecular weight is 367 g/mol. The van der Waals surface area contributed by atoms with Crippen molar-refractivity contribution in [2.75, 3.05) is 32.8 Å². The monoisotopic (exact) mass is 367 g/mol. The number of amides is 1. The number of carbonyl (C=O) groups excluding carboxylic acids is 1. The fourth-order valence-corrected chi connectivity index (χ4v) is 3.70. The number of rotatable bonds is 5. The van der Waals surface area contributed by atoms with Gasteiger partial charge in [-0.1, -0.05) is 24.3 Å². The molecule has 2 aliphatic rings. The summed E-state index contributed by atoms with van der Waals surface area (Å²) in [6.45, 7) is 6.05. The second kappa shape index (κ2) is 8.06. The van der Waals surface area contributed by atoms with Crippen LogP contribution in [0.3, 0.4) is 0 Å². The number of nitrogens with zero attached hydrogens (tertiary/aromatic N) is 3. The van der Waals surface area contributed by atoms with E-state index in [1.807, 2.05) is 24.3 Å². The molecular weight excluding hydrogens is 342 g/mol. The summed E-state index contributed by atoms with van der Waals surface area (Å²) in [5, 5.41) is 6.34. The Labute approximate surface area is 159 Å². The minimum Gasteiger partial charge on any atom is -0.467 e. The van der Waals surface area contributed by atoms with Gasteiger partial charge in [0.05, 0.1) is 25.2 Å². The molecule has 0 aliphatic carbocycles. The van der Waals surface area contributed by atoms with Crippen LogP contribution in [0.25, 0.3) is 0 Å². The van der Waals surface area contributed by atoms with E-state index in [2.05, 4.69) is 24.0 Å². The van der Waals surface area contributed by atoms with E-state index in [1.165, 1.54) is 0 Å². The van der Waals surface area contributed by atoms with Crippen LogP contribution >= 0.6 is 0 Å². The highest BCUT2D eigenvalue weighted by molar-refractivity contribution is 6.04. The predicted molar refractivity (Wildman–Crippen MR) is 103 cm³/mol. The van der Waals surface area contributed by atoms with Crippen LogP contribution in [0.1, 0.15) is 35.8 Å². The first-order valence-corrected chi connectivity index (χ1v) is 9.51. The summed E-state index contributed by atoms with van der Waals surface area (Å²) >= 11 is 0. The fourth-order valence-electron chi connectivity index (χ4n) is 3.70. The van der Waals surface area contributed by atoms with Gasteiger partial charge in [0.1, 0.15) is 11.8 Å². The standard InChI is InChI=1S/C21H25N3O3/c1-16-5-2-3-6-17(16)18-15-19(20-7-4-12-27-20)24(22-18)21(25)8-9-23-10-13-26-14-11-23/h2-7,12,19H,8-11,13-15H2,1H3/t19-/m1/s1. The number of furan rings is 1. The number of morpholine rings is 1. The van der Waals surface area contributed by atoms with Crippen molar-refractivity contribution in [1.29, 1.82) is 0 Å². The Morgan fingerprint density at radius 2 is 2.00 bits per heavy atom. The van der Waals surface area contributed by atoms with Crippen molar-refractivity contribution in [2.24, 2.45) is 5.10 Å². The van der Waals surface area contributed by atoms with E-state index < -0.39 is 0 Å². The quantitative estimate of drug-likeness (QED) is 0.815. The number of aryl methyl sites for hydroxylation is 1. The lowest BCUT2D eigenvalue weighted by atomic mass is 9.99. The van der Waals surface area contributed by atoms with E-state index in [0.29, 0.717) is 12.8 Å². The highest BCUT2D eigenvalue weighted by atomic mass is 16.5. The van der Waals surface area contributed by atoms with Crippen molar-refractivity contribution in [3.05, 3.63) is 59.5 Å². The Balaban J connectivity index is 1.52. The van der Waals surface area contributed by atoms with Crippen molar-refractivity contribution in [1.82, 2.24) is 9.91 Å². The molecule has 0 saturated carbocycles. The minimum absolute atomic E-state index is 0.0338. The summed E-state index contributed by atoms with van der Waals surface area (Å²) < 4.78 is 11.0. The van der Waals surface area contributed by atoms with Gasteiger partial charge in [0.15, 0.2) is 0 Å². The molecule has 4 rings (SSSR count). The van der Waals surface area contributed by atoms with Crippen molar-refractivity contribution < 1.29 is 13.9 Å². The normalized spacial score (nSPS) is 20.7. The molecule has 2 aromatic rings. The van der Waals surface area contributed by atoms with E-state index in [1.54, 1.807) is 11.3 Å². The van der Waals surface area contributed by atoms with E-state index in [0.717, 1.165) is 55.4 Å². The first-order valence-electron chi connectivity index (χ1n) is 9.51. The molecular formula is C21H25N3O3. The molecule has 1 saturated heterocycles. The molecule has 0 unspecified atom stereocenters. The van der Waals surface area contributed by atoms with Crippen LogP contribution in [0, 0.1) is 6.92 Å². The number of hydrazone groups is 1. The molecule has 1 aromatic carbocycles. The van der Waals surface area contributed by atoms with Gasteiger partial charge in [0.25, 0.3) is 0 Å². The number of ether oxygens (including phenoxy) is 1. The molecule has 27 heavy (non-hydrogen) atoms. The van der Waals surface area contributed by atoms with Crippen LogP contribution in [0.2, 0.25) is 0 Å². The Morgan fingerprint density at radius 3 is 2.74 bits per heavy atom. The zero-order valence-electron chi connectivity index (χ0n) is 15.6. The van der Waals surface area contributed by atoms with Crippen LogP contribution in [0.5, 0.6) is 0 Å². The van der Waals surface area contributed by atoms with Gasteiger partial charge >= 0.3 is 0 Å². The fraction of sp³-hybridized carbons (Fsp3) is 0.429. The summed E-state index contributed by atoms with van der Waals surface area (Å²) in [7, 11) is 0. The topological polar surface area (TPSA) is 58.3 Å². The molecule has 1 atom stereocenters. The smallest absolute Gasteiger partial charge is 0.244 e. The van der Waals surface area contributed by atoms with Gasteiger partial charge in [-0.2, -0.15) is 5.10 Å². The van der Waals surface area contributed by atoms with Gasteiger partial charge in [0, 0.05) is 38.0 Å². The van der Waals surface area contributed by atoms with E-state index >= 15 is 0 Å². The first kappa shape index (κ1) is 17.9. The highest BCUT2D eigenvalue weighted by Crippen LogP contribution is 2.34. The molecule has 1 fully saturated rings. The SMILES string of the molecule is Cc1ccccc1C1=NN(C(=O)CCN2CCOCC2)[C@@H](c2ccco2)C1. The van der Waals surface area contributed by atoms with E-state index in [9.17, 15) is 4.79 Å². The minimum atomic E-state index is -0.174. The van der Waals surface area contributed by atoms with E-state index in [4.69, 9.17) is 14.3 Å². The Kier molecular flexibility index (Phi) is 5.36. The van der Waals surface area contributed by atoms with Gasteiger partial charge < -0.3 is 9.15 Å². The maximum atomic E-state index is 13.0. The Morgan fingerprint density at radius 1 is 1.19 bits per heavy atom. The lowest BCUT2D eigenvalue weighted by molar-refractivity contribution is -0.134. The second-order valence-electron chi connectivity index (χ2n) is 7.04. The summed E-state index contributed by atoms with van der Waals surface area (Å²) in [5.41, 5.74) is 3.20. The van der Waals surface area contributed by atoms with Crippen LogP contribution < -0.4 is 0 Å². The molecule has 1 aromatic heterocycles. The maximum absolute atomic E-state index is 13.0. The van der Waals surface area contributed by atoms with Gasteiger partial charge in [-0.3, -0.25) is 9.69 Å². The number of carbonyl (C=O) groups is 1. The number of hydrogen-bond acceptors (Lipinski definition) is 5. The lowest BCUT2D eigenvalue weighted by Crippen LogP contribution is -2.39. The lowest BCUT2D eigenvalue weighted by Gasteiger charge is -2.27. The third kappa shape index (κ3) is 3.96. The molecule has 6 nitrogen and oxygen atoms in total. The van der Waals surface area contributed by atoms with Crippen molar-refractivity contribution >= 4 is 11.6 Å². The van der Waals surface area contributed by atoms with Crippen LogP contribution in [0.15, 0.2) is 52.2 Å². The molecule has 0 N–H and O–H groups in total. The summed E-state index contributed by atoms with van der Waals surface area (Å²) in [6.07, 6.45) is 2.76. The summed E-state index contributed by atoms with van der Waals surface area (Å²) in [6, 6.07) is 11.8. The largest absolute Gasteiger partial charge is 0.467 e. The zero-order valence-corrected chi connectivity index (χ0v) is 15.6. The third-order valence-electron chi connectivity index (χ3n) is 5.24. The Hall–Kier alpha value is -2.44. The van der Waals surface area contributed by atoms with Crippen molar-refractivity contribution in [3.63, 3.8) is 0 Å². The summed E-state index contributed by atoms with van der Waals surface area (Å²) in [5.74, 6) is 0.813. The molecule has 3 heterocycles. The van der Waals surface area contributed by atoms with Gasteiger partial charge in [-0.15, -0.1) is 0 Å². The molecule has 6 heteroatoms.